The molecule has 162 valence electrons. The average Bonchev–Trinajstić information content (AvgIpc) is 2.67. The van der Waals surface area contributed by atoms with Crippen molar-refractivity contribution >= 4 is 21.6 Å². The zero-order valence-corrected chi connectivity index (χ0v) is 19.0. The number of anilines is 1. The number of morpholine rings is 1. The number of rotatable bonds is 4. The molecule has 0 aliphatic carbocycles. The maximum Gasteiger partial charge on any atom is 0.255 e. The minimum absolute atomic E-state index is 0.117. The summed E-state index contributed by atoms with van der Waals surface area (Å²) < 4.78 is 33.0. The fourth-order valence-corrected chi connectivity index (χ4v) is 5.29. The Balaban J connectivity index is 1.78. The van der Waals surface area contributed by atoms with E-state index < -0.39 is 10.0 Å². The van der Waals surface area contributed by atoms with Crippen LogP contribution < -0.4 is 5.32 Å². The van der Waals surface area contributed by atoms with Crippen molar-refractivity contribution in [2.45, 2.75) is 57.1 Å². The van der Waals surface area contributed by atoms with Gasteiger partial charge in [0.1, 0.15) is 0 Å². The number of nitrogens with one attached hydrogen (secondary N) is 1. The molecule has 0 bridgehead atoms. The van der Waals surface area contributed by atoms with Gasteiger partial charge in [0, 0.05) is 24.3 Å². The van der Waals surface area contributed by atoms with Crippen LogP contribution in [-0.2, 0) is 20.2 Å². The molecule has 2 unspecified atom stereocenters. The molecule has 3 rings (SSSR count). The molecule has 1 fully saturated rings. The number of carbonyl (C=O) groups excluding carboxylic acids is 1. The Bertz CT molecular complexity index is 1000. The first-order valence-electron chi connectivity index (χ1n) is 10.1. The number of carbonyl (C=O) groups is 1. The molecule has 7 heteroatoms. The summed E-state index contributed by atoms with van der Waals surface area (Å²) in [6.07, 6.45) is -0.312. The minimum atomic E-state index is -3.63. The highest BCUT2D eigenvalue weighted by atomic mass is 32.2. The maximum atomic E-state index is 13.0. The van der Waals surface area contributed by atoms with Gasteiger partial charge < -0.3 is 10.1 Å². The Morgan fingerprint density at radius 3 is 2.13 bits per heavy atom. The lowest BCUT2D eigenvalue weighted by atomic mass is 9.86. The molecule has 1 aliphatic heterocycles. The molecule has 0 radical (unpaired) electrons. The summed E-state index contributed by atoms with van der Waals surface area (Å²) in [7, 11) is -3.63. The van der Waals surface area contributed by atoms with Gasteiger partial charge in [-0.15, -0.1) is 0 Å². The predicted molar refractivity (Wildman–Crippen MR) is 118 cm³/mol. The molecule has 30 heavy (non-hydrogen) atoms. The van der Waals surface area contributed by atoms with Gasteiger partial charge in [0.05, 0.1) is 17.1 Å². The molecule has 6 nitrogen and oxygen atoms in total. The molecular weight excluding hydrogens is 400 g/mol. The number of para-hydroxylation sites is 1. The highest BCUT2D eigenvalue weighted by Crippen LogP contribution is 2.29. The van der Waals surface area contributed by atoms with Crippen LogP contribution in [0.3, 0.4) is 0 Å². The van der Waals surface area contributed by atoms with E-state index in [2.05, 4.69) is 26.1 Å². The van der Waals surface area contributed by atoms with Gasteiger partial charge in [-0.2, -0.15) is 4.31 Å². The molecule has 2 aromatic carbocycles. The van der Waals surface area contributed by atoms with E-state index in [0.717, 1.165) is 11.3 Å². The SMILES string of the molecule is CC1CN(S(=O)(=O)c2ccc(C(=O)Nc3ccccc3C(C)(C)C)cc2)CC(C)O1. The van der Waals surface area contributed by atoms with Crippen molar-refractivity contribution in [1.82, 2.24) is 4.31 Å². The first-order chi connectivity index (χ1) is 14.0. The van der Waals surface area contributed by atoms with Crippen LogP contribution in [0.2, 0.25) is 0 Å². The molecule has 1 heterocycles. The Morgan fingerprint density at radius 1 is 1.00 bits per heavy atom. The van der Waals surface area contributed by atoms with Crippen LogP contribution in [0.4, 0.5) is 5.69 Å². The Morgan fingerprint density at radius 2 is 1.57 bits per heavy atom. The predicted octanol–water partition coefficient (Wildman–Crippen LogP) is 4.03. The molecule has 0 saturated carbocycles. The second kappa shape index (κ2) is 8.49. The summed E-state index contributed by atoms with van der Waals surface area (Å²) in [5.74, 6) is -0.274. The second-order valence-electron chi connectivity index (χ2n) is 8.85. The maximum absolute atomic E-state index is 13.0. The van der Waals surface area contributed by atoms with Crippen LogP contribution in [-0.4, -0.2) is 43.9 Å². The van der Waals surface area contributed by atoms with Crippen molar-refractivity contribution in [2.75, 3.05) is 18.4 Å². The number of benzene rings is 2. The van der Waals surface area contributed by atoms with E-state index in [4.69, 9.17) is 4.74 Å². The lowest BCUT2D eigenvalue weighted by Crippen LogP contribution is -2.48. The molecule has 1 amide bonds. The van der Waals surface area contributed by atoms with E-state index in [0.29, 0.717) is 18.7 Å². The van der Waals surface area contributed by atoms with Crippen molar-refractivity contribution in [3.8, 4) is 0 Å². The zero-order valence-electron chi connectivity index (χ0n) is 18.2. The van der Waals surface area contributed by atoms with Crippen molar-refractivity contribution in [1.29, 1.82) is 0 Å². The van der Waals surface area contributed by atoms with E-state index in [1.54, 1.807) is 12.1 Å². The Labute approximate surface area is 179 Å². The number of nitrogens with zero attached hydrogens (tertiary/aromatic N) is 1. The van der Waals surface area contributed by atoms with Gasteiger partial charge in [-0.05, 0) is 55.2 Å². The average molecular weight is 431 g/mol. The normalized spacial score (nSPS) is 20.7. The third-order valence-corrected chi connectivity index (χ3v) is 6.97. The van der Waals surface area contributed by atoms with Gasteiger partial charge in [-0.1, -0.05) is 39.0 Å². The summed E-state index contributed by atoms with van der Waals surface area (Å²) in [5.41, 5.74) is 2.08. The van der Waals surface area contributed by atoms with E-state index in [1.807, 2.05) is 38.1 Å². The topological polar surface area (TPSA) is 75.7 Å². The van der Waals surface area contributed by atoms with Crippen molar-refractivity contribution in [3.63, 3.8) is 0 Å². The van der Waals surface area contributed by atoms with Gasteiger partial charge in [-0.3, -0.25) is 4.79 Å². The van der Waals surface area contributed by atoms with Gasteiger partial charge in [0.15, 0.2) is 0 Å². The van der Waals surface area contributed by atoms with Crippen molar-refractivity contribution < 1.29 is 17.9 Å². The van der Waals surface area contributed by atoms with Gasteiger partial charge in [0.2, 0.25) is 10.0 Å². The molecule has 1 N–H and O–H groups in total. The number of hydrogen-bond acceptors (Lipinski definition) is 4. The highest BCUT2D eigenvalue weighted by molar-refractivity contribution is 7.89. The van der Waals surface area contributed by atoms with Crippen LogP contribution >= 0.6 is 0 Å². The smallest absolute Gasteiger partial charge is 0.255 e. The second-order valence-corrected chi connectivity index (χ2v) is 10.8. The summed E-state index contributed by atoms with van der Waals surface area (Å²) >= 11 is 0. The van der Waals surface area contributed by atoms with Gasteiger partial charge in [-0.25, -0.2) is 8.42 Å². The number of ether oxygens (including phenoxy) is 1. The molecule has 1 aliphatic rings. The third-order valence-electron chi connectivity index (χ3n) is 5.12. The molecular formula is C23H30N2O4S. The fraction of sp³-hybridized carbons (Fsp3) is 0.435. The quantitative estimate of drug-likeness (QED) is 0.794. The van der Waals surface area contributed by atoms with Crippen LogP contribution in [0.5, 0.6) is 0 Å². The van der Waals surface area contributed by atoms with Crippen LogP contribution in [0.25, 0.3) is 0 Å². The van der Waals surface area contributed by atoms with Crippen molar-refractivity contribution in [3.05, 3.63) is 59.7 Å². The Hall–Kier alpha value is -2.22. The number of sulfonamides is 1. The first kappa shape index (κ1) is 22.5. The zero-order chi connectivity index (χ0) is 22.1. The lowest BCUT2D eigenvalue weighted by molar-refractivity contribution is -0.0440. The van der Waals surface area contributed by atoms with E-state index in [1.165, 1.54) is 16.4 Å². The monoisotopic (exact) mass is 430 g/mol. The van der Waals surface area contributed by atoms with Gasteiger partial charge >= 0.3 is 0 Å². The van der Waals surface area contributed by atoms with E-state index >= 15 is 0 Å². The van der Waals surface area contributed by atoms with Crippen LogP contribution in [0, 0.1) is 0 Å². The lowest BCUT2D eigenvalue weighted by Gasteiger charge is -2.34. The fourth-order valence-electron chi connectivity index (χ4n) is 3.69. The minimum Gasteiger partial charge on any atom is -0.373 e. The van der Waals surface area contributed by atoms with Crippen LogP contribution in [0.1, 0.15) is 50.5 Å². The summed E-state index contributed by atoms with van der Waals surface area (Å²) in [5, 5.41) is 2.95. The highest BCUT2D eigenvalue weighted by Gasteiger charge is 2.32. The van der Waals surface area contributed by atoms with Crippen LogP contribution in [0.15, 0.2) is 53.4 Å². The van der Waals surface area contributed by atoms with Crippen molar-refractivity contribution in [2.24, 2.45) is 0 Å². The first-order valence-corrected chi connectivity index (χ1v) is 11.6. The standard InChI is InChI=1S/C23H30N2O4S/c1-16-14-25(15-17(2)29-16)30(27,28)19-12-10-18(11-13-19)22(26)24-21-9-7-6-8-20(21)23(3,4)5/h6-13,16-17H,14-15H2,1-5H3,(H,24,26). The number of amides is 1. The van der Waals surface area contributed by atoms with E-state index in [9.17, 15) is 13.2 Å². The summed E-state index contributed by atoms with van der Waals surface area (Å²) in [6, 6.07) is 13.8. The molecule has 0 spiro atoms. The number of hydrogen-bond donors (Lipinski definition) is 1. The molecule has 2 atom stereocenters. The summed E-state index contributed by atoms with van der Waals surface area (Å²) in [4.78, 5) is 12.9. The third kappa shape index (κ3) is 4.91. The molecule has 0 aromatic heterocycles. The molecule has 1 saturated heterocycles. The summed E-state index contributed by atoms with van der Waals surface area (Å²) in [6.45, 7) is 10.6. The van der Waals surface area contributed by atoms with Gasteiger partial charge in [0.25, 0.3) is 5.91 Å². The largest absolute Gasteiger partial charge is 0.373 e. The molecule has 2 aromatic rings. The Kier molecular flexibility index (Phi) is 6.36. The van der Waals surface area contributed by atoms with E-state index in [-0.39, 0.29) is 28.4 Å².